The Hall–Kier alpha value is -1.07. The summed E-state index contributed by atoms with van der Waals surface area (Å²) >= 11 is 3.34. The second kappa shape index (κ2) is 5.72. The van der Waals surface area contributed by atoms with Gasteiger partial charge in [0, 0.05) is 5.33 Å². The van der Waals surface area contributed by atoms with Gasteiger partial charge in [0.05, 0.1) is 25.5 Å². The molecule has 1 rings (SSSR count). The minimum atomic E-state index is -0.391. The Morgan fingerprint density at radius 1 is 1.47 bits per heavy atom. The van der Waals surface area contributed by atoms with E-state index in [0.29, 0.717) is 16.6 Å². The number of rotatable bonds is 4. The third kappa shape index (κ3) is 2.70. The molecule has 82 valence electrons. The number of benzene rings is 1. The number of carbonyl (C=O) groups excluding carboxylic acids is 1. The summed E-state index contributed by atoms with van der Waals surface area (Å²) in [6.07, 6.45) is 0. The normalized spacial score (nSPS) is 9.80. The van der Waals surface area contributed by atoms with Crippen LogP contribution in [-0.2, 0) is 14.9 Å². The van der Waals surface area contributed by atoms with E-state index in [0.717, 1.165) is 5.56 Å². The van der Waals surface area contributed by atoms with Crippen molar-refractivity contribution in [1.29, 1.82) is 0 Å². The quantitative estimate of drug-likeness (QED) is 0.520. The largest absolute Gasteiger partial charge is 0.465 e. The fraction of sp³-hybridized carbons (Fsp3) is 0.300. The molecule has 15 heavy (non-hydrogen) atoms. The number of esters is 1. The zero-order chi connectivity index (χ0) is 11.3. The average Bonchev–Trinajstić information content (AvgIpc) is 2.28. The lowest BCUT2D eigenvalue weighted by Crippen LogP contribution is -2.09. The summed E-state index contributed by atoms with van der Waals surface area (Å²) < 4.78 is 4.67. The number of alkyl halides is 1. The SMILES string of the molecule is CONc1c(CBr)cccc1C(=O)OC. The molecule has 0 atom stereocenters. The topological polar surface area (TPSA) is 47.6 Å². The van der Waals surface area contributed by atoms with Gasteiger partial charge < -0.3 is 4.74 Å². The molecular formula is C10H12BrNO3. The number of halogens is 1. The first-order valence-electron chi connectivity index (χ1n) is 4.29. The van der Waals surface area contributed by atoms with E-state index in [-0.39, 0.29) is 0 Å². The Morgan fingerprint density at radius 2 is 2.20 bits per heavy atom. The monoisotopic (exact) mass is 273 g/mol. The molecular weight excluding hydrogens is 262 g/mol. The third-order valence-electron chi connectivity index (χ3n) is 1.90. The van der Waals surface area contributed by atoms with E-state index in [9.17, 15) is 4.79 Å². The van der Waals surface area contributed by atoms with Crippen LogP contribution in [0.2, 0.25) is 0 Å². The van der Waals surface area contributed by atoms with Gasteiger partial charge in [-0.05, 0) is 11.6 Å². The van der Waals surface area contributed by atoms with Crippen molar-refractivity contribution in [3.05, 3.63) is 29.3 Å². The number of nitrogens with one attached hydrogen (secondary N) is 1. The fourth-order valence-corrected chi connectivity index (χ4v) is 1.68. The minimum absolute atomic E-state index is 0.391. The van der Waals surface area contributed by atoms with Crippen LogP contribution in [-0.4, -0.2) is 20.2 Å². The van der Waals surface area contributed by atoms with Crippen molar-refractivity contribution in [3.8, 4) is 0 Å². The Morgan fingerprint density at radius 3 is 2.73 bits per heavy atom. The first kappa shape index (κ1) is 12.0. The highest BCUT2D eigenvalue weighted by molar-refractivity contribution is 9.08. The van der Waals surface area contributed by atoms with Gasteiger partial charge in [0.2, 0.25) is 0 Å². The Balaban J connectivity index is 3.18. The van der Waals surface area contributed by atoms with Crippen LogP contribution >= 0.6 is 15.9 Å². The second-order valence-electron chi connectivity index (χ2n) is 2.77. The van der Waals surface area contributed by atoms with Crippen molar-refractivity contribution in [3.63, 3.8) is 0 Å². The lowest BCUT2D eigenvalue weighted by atomic mass is 10.1. The molecule has 0 aromatic heterocycles. The van der Waals surface area contributed by atoms with Crippen molar-refractivity contribution >= 4 is 27.6 Å². The zero-order valence-corrected chi connectivity index (χ0v) is 10.1. The summed E-state index contributed by atoms with van der Waals surface area (Å²) in [5.74, 6) is -0.391. The highest BCUT2D eigenvalue weighted by Gasteiger charge is 2.14. The summed E-state index contributed by atoms with van der Waals surface area (Å²) in [5, 5.41) is 0.628. The number of anilines is 1. The van der Waals surface area contributed by atoms with Crippen molar-refractivity contribution < 1.29 is 14.4 Å². The van der Waals surface area contributed by atoms with E-state index in [2.05, 4.69) is 26.1 Å². The molecule has 0 aliphatic carbocycles. The van der Waals surface area contributed by atoms with E-state index in [1.54, 1.807) is 12.1 Å². The maximum Gasteiger partial charge on any atom is 0.340 e. The van der Waals surface area contributed by atoms with E-state index in [1.807, 2.05) is 6.07 Å². The number of para-hydroxylation sites is 1. The summed E-state index contributed by atoms with van der Waals surface area (Å²) in [6, 6.07) is 5.37. The summed E-state index contributed by atoms with van der Waals surface area (Å²) in [6.45, 7) is 0. The Bertz CT molecular complexity index is 355. The van der Waals surface area contributed by atoms with Gasteiger partial charge in [-0.2, -0.15) is 0 Å². The number of methoxy groups -OCH3 is 1. The molecule has 0 bridgehead atoms. The number of ether oxygens (including phenoxy) is 1. The van der Waals surface area contributed by atoms with Crippen molar-refractivity contribution in [2.75, 3.05) is 19.7 Å². The van der Waals surface area contributed by atoms with Gasteiger partial charge in [-0.1, -0.05) is 28.1 Å². The molecule has 0 saturated heterocycles. The standard InChI is InChI=1S/C10H12BrNO3/c1-14-10(13)8-5-3-4-7(6-11)9(8)12-15-2/h3-5,12H,6H2,1-2H3. The maximum absolute atomic E-state index is 11.4. The lowest BCUT2D eigenvalue weighted by molar-refractivity contribution is 0.0600. The molecule has 0 radical (unpaired) electrons. The molecule has 0 amide bonds. The van der Waals surface area contributed by atoms with E-state index >= 15 is 0 Å². The van der Waals surface area contributed by atoms with Gasteiger partial charge in [-0.25, -0.2) is 4.79 Å². The predicted molar refractivity (Wildman–Crippen MR) is 61.0 cm³/mol. The molecule has 1 aromatic rings. The maximum atomic E-state index is 11.4. The molecule has 1 aromatic carbocycles. The molecule has 5 heteroatoms. The summed E-state index contributed by atoms with van der Waals surface area (Å²) in [5.41, 5.74) is 4.69. The van der Waals surface area contributed by atoms with Crippen LogP contribution in [0.5, 0.6) is 0 Å². The van der Waals surface area contributed by atoms with E-state index in [4.69, 9.17) is 4.84 Å². The molecule has 1 N–H and O–H groups in total. The number of hydrogen-bond donors (Lipinski definition) is 1. The Kier molecular flexibility index (Phi) is 4.58. The van der Waals surface area contributed by atoms with Gasteiger partial charge >= 0.3 is 5.97 Å². The summed E-state index contributed by atoms with van der Waals surface area (Å²) in [7, 11) is 2.84. The van der Waals surface area contributed by atoms with Gasteiger partial charge in [-0.3, -0.25) is 10.3 Å². The van der Waals surface area contributed by atoms with Gasteiger partial charge in [0.15, 0.2) is 0 Å². The summed E-state index contributed by atoms with van der Waals surface area (Å²) in [4.78, 5) is 16.3. The Labute approximate surface area is 96.7 Å². The molecule has 0 unspecified atom stereocenters. The highest BCUT2D eigenvalue weighted by Crippen LogP contribution is 2.24. The van der Waals surface area contributed by atoms with Crippen molar-refractivity contribution in [1.82, 2.24) is 0 Å². The van der Waals surface area contributed by atoms with Crippen LogP contribution in [0.4, 0.5) is 5.69 Å². The van der Waals surface area contributed by atoms with Gasteiger partial charge in [-0.15, -0.1) is 0 Å². The first-order valence-corrected chi connectivity index (χ1v) is 5.42. The molecule has 0 heterocycles. The van der Waals surface area contributed by atoms with Crippen LogP contribution in [0, 0.1) is 0 Å². The highest BCUT2D eigenvalue weighted by atomic mass is 79.9. The van der Waals surface area contributed by atoms with E-state index in [1.165, 1.54) is 14.2 Å². The van der Waals surface area contributed by atoms with Crippen LogP contribution < -0.4 is 5.48 Å². The van der Waals surface area contributed by atoms with Crippen molar-refractivity contribution in [2.24, 2.45) is 0 Å². The van der Waals surface area contributed by atoms with Crippen molar-refractivity contribution in [2.45, 2.75) is 5.33 Å². The number of carbonyl (C=O) groups is 1. The fourth-order valence-electron chi connectivity index (χ4n) is 1.21. The van der Waals surface area contributed by atoms with Gasteiger partial charge in [0.25, 0.3) is 0 Å². The van der Waals surface area contributed by atoms with Crippen LogP contribution in [0.3, 0.4) is 0 Å². The second-order valence-corrected chi connectivity index (χ2v) is 3.33. The smallest absolute Gasteiger partial charge is 0.340 e. The third-order valence-corrected chi connectivity index (χ3v) is 2.51. The average molecular weight is 274 g/mol. The minimum Gasteiger partial charge on any atom is -0.465 e. The zero-order valence-electron chi connectivity index (χ0n) is 8.54. The molecule has 4 nitrogen and oxygen atoms in total. The van der Waals surface area contributed by atoms with E-state index < -0.39 is 5.97 Å². The van der Waals surface area contributed by atoms with Crippen LogP contribution in [0.1, 0.15) is 15.9 Å². The molecule has 0 spiro atoms. The molecule has 0 aliphatic heterocycles. The number of hydrogen-bond acceptors (Lipinski definition) is 4. The predicted octanol–water partition coefficient (Wildman–Crippen LogP) is 2.34. The molecule has 0 fully saturated rings. The first-order chi connectivity index (χ1) is 7.24. The molecule has 0 aliphatic rings. The molecule has 0 saturated carbocycles. The lowest BCUT2D eigenvalue weighted by Gasteiger charge is -2.12. The van der Waals surface area contributed by atoms with Crippen LogP contribution in [0.15, 0.2) is 18.2 Å². The van der Waals surface area contributed by atoms with Gasteiger partial charge in [0.1, 0.15) is 0 Å². The van der Waals surface area contributed by atoms with Crippen LogP contribution in [0.25, 0.3) is 0 Å².